The summed E-state index contributed by atoms with van der Waals surface area (Å²) < 4.78 is 13.7. The third-order valence-electron chi connectivity index (χ3n) is 3.03. The van der Waals surface area contributed by atoms with Gasteiger partial charge in [0, 0.05) is 16.4 Å². The van der Waals surface area contributed by atoms with E-state index < -0.39 is 0 Å². The average Bonchev–Trinajstić information content (AvgIpc) is 2.70. The van der Waals surface area contributed by atoms with Gasteiger partial charge >= 0.3 is 0 Å². The van der Waals surface area contributed by atoms with Gasteiger partial charge in [0.1, 0.15) is 5.82 Å². The van der Waals surface area contributed by atoms with Crippen LogP contribution in [0.2, 0.25) is 0 Å². The van der Waals surface area contributed by atoms with E-state index >= 15 is 0 Å². The van der Waals surface area contributed by atoms with Crippen molar-refractivity contribution in [1.29, 1.82) is 0 Å². The molecule has 1 aliphatic rings. The fraction of sp³-hybridized carbons (Fsp3) is 0.417. The molecule has 92 valence electrons. The average molecular weight is 301 g/mol. The normalized spacial score (nSPS) is 23.7. The lowest BCUT2D eigenvalue weighted by atomic mass is 10.1. The molecule has 1 aromatic carbocycles. The van der Waals surface area contributed by atoms with Crippen molar-refractivity contribution >= 4 is 27.5 Å². The fourth-order valence-electron chi connectivity index (χ4n) is 2.08. The zero-order valence-corrected chi connectivity index (χ0v) is 10.8. The van der Waals surface area contributed by atoms with Gasteiger partial charge < -0.3 is 11.1 Å². The van der Waals surface area contributed by atoms with E-state index in [2.05, 4.69) is 21.2 Å². The highest BCUT2D eigenvalue weighted by atomic mass is 79.9. The Morgan fingerprint density at radius 1 is 1.47 bits per heavy atom. The van der Waals surface area contributed by atoms with Crippen LogP contribution in [-0.2, 0) is 4.79 Å². The molecular weight excluding hydrogens is 287 g/mol. The SMILES string of the molecule is NC1CCC(C(=O)Nc2cc(F)ccc2Br)C1. The Kier molecular flexibility index (Phi) is 3.79. The molecule has 0 radical (unpaired) electrons. The largest absolute Gasteiger partial charge is 0.328 e. The molecule has 0 spiro atoms. The minimum Gasteiger partial charge on any atom is -0.328 e. The molecule has 0 heterocycles. The van der Waals surface area contributed by atoms with Crippen LogP contribution < -0.4 is 11.1 Å². The lowest BCUT2D eigenvalue weighted by Gasteiger charge is -2.12. The van der Waals surface area contributed by atoms with E-state index in [0.29, 0.717) is 16.6 Å². The van der Waals surface area contributed by atoms with Gasteiger partial charge in [-0.1, -0.05) is 0 Å². The van der Waals surface area contributed by atoms with Crippen molar-refractivity contribution in [2.45, 2.75) is 25.3 Å². The van der Waals surface area contributed by atoms with E-state index in [4.69, 9.17) is 5.73 Å². The van der Waals surface area contributed by atoms with E-state index in [1.807, 2.05) is 0 Å². The van der Waals surface area contributed by atoms with Crippen LogP contribution in [0.15, 0.2) is 22.7 Å². The third kappa shape index (κ3) is 3.04. The molecule has 17 heavy (non-hydrogen) atoms. The number of halogens is 2. The molecule has 2 unspecified atom stereocenters. The van der Waals surface area contributed by atoms with E-state index in [-0.39, 0.29) is 23.7 Å². The van der Waals surface area contributed by atoms with Crippen LogP contribution in [0.3, 0.4) is 0 Å². The van der Waals surface area contributed by atoms with E-state index in [1.165, 1.54) is 12.1 Å². The first-order chi connectivity index (χ1) is 8.06. The lowest BCUT2D eigenvalue weighted by molar-refractivity contribution is -0.119. The highest BCUT2D eigenvalue weighted by Gasteiger charge is 2.28. The maximum absolute atomic E-state index is 13.0. The second-order valence-electron chi connectivity index (χ2n) is 4.38. The number of hydrogen-bond acceptors (Lipinski definition) is 2. The van der Waals surface area contributed by atoms with Gasteiger partial charge in [-0.05, 0) is 53.4 Å². The summed E-state index contributed by atoms with van der Waals surface area (Å²) in [5, 5.41) is 2.73. The molecular formula is C12H14BrFN2O. The van der Waals surface area contributed by atoms with Crippen LogP contribution in [0, 0.1) is 11.7 Å². The molecule has 1 amide bonds. The van der Waals surface area contributed by atoms with Gasteiger partial charge in [0.15, 0.2) is 0 Å². The van der Waals surface area contributed by atoms with E-state index in [1.54, 1.807) is 6.07 Å². The number of nitrogens with one attached hydrogen (secondary N) is 1. The first kappa shape index (κ1) is 12.5. The standard InChI is InChI=1S/C12H14BrFN2O/c13-10-4-2-8(14)6-11(10)16-12(17)7-1-3-9(15)5-7/h2,4,6-7,9H,1,3,5,15H2,(H,16,17). The van der Waals surface area contributed by atoms with Crippen LogP contribution in [-0.4, -0.2) is 11.9 Å². The summed E-state index contributed by atoms with van der Waals surface area (Å²) in [5.74, 6) is -0.504. The predicted molar refractivity (Wildman–Crippen MR) is 68.0 cm³/mol. The monoisotopic (exact) mass is 300 g/mol. The number of amides is 1. The van der Waals surface area contributed by atoms with E-state index in [9.17, 15) is 9.18 Å². The second-order valence-corrected chi connectivity index (χ2v) is 5.24. The minimum atomic E-state index is -0.369. The third-order valence-corrected chi connectivity index (χ3v) is 3.72. The summed E-state index contributed by atoms with van der Waals surface area (Å²) in [5.41, 5.74) is 6.23. The number of hydrogen-bond donors (Lipinski definition) is 2. The van der Waals surface area contributed by atoms with Crippen LogP contribution in [0.4, 0.5) is 10.1 Å². The Morgan fingerprint density at radius 3 is 2.88 bits per heavy atom. The molecule has 0 bridgehead atoms. The molecule has 1 saturated carbocycles. The highest BCUT2D eigenvalue weighted by molar-refractivity contribution is 9.10. The van der Waals surface area contributed by atoms with Crippen molar-refractivity contribution in [3.63, 3.8) is 0 Å². The number of anilines is 1. The summed E-state index contributed by atoms with van der Waals surface area (Å²) in [7, 11) is 0. The Morgan fingerprint density at radius 2 is 2.24 bits per heavy atom. The smallest absolute Gasteiger partial charge is 0.227 e. The van der Waals surface area contributed by atoms with Crippen molar-refractivity contribution in [2.75, 3.05) is 5.32 Å². The van der Waals surface area contributed by atoms with Crippen LogP contribution in [0.1, 0.15) is 19.3 Å². The summed E-state index contributed by atoms with van der Waals surface area (Å²) >= 11 is 3.27. The van der Waals surface area contributed by atoms with Crippen LogP contribution >= 0.6 is 15.9 Å². The van der Waals surface area contributed by atoms with E-state index in [0.717, 1.165) is 12.8 Å². The molecule has 3 nitrogen and oxygen atoms in total. The molecule has 1 aliphatic carbocycles. The zero-order chi connectivity index (χ0) is 12.4. The van der Waals surface area contributed by atoms with Crippen LogP contribution in [0.25, 0.3) is 0 Å². The molecule has 2 rings (SSSR count). The Balaban J connectivity index is 2.05. The second kappa shape index (κ2) is 5.14. The Labute approximate surface area is 108 Å². The molecule has 0 saturated heterocycles. The molecule has 0 aliphatic heterocycles. The maximum Gasteiger partial charge on any atom is 0.227 e. The molecule has 3 N–H and O–H groups in total. The molecule has 1 aromatic rings. The molecule has 5 heteroatoms. The van der Waals surface area contributed by atoms with Crippen LogP contribution in [0.5, 0.6) is 0 Å². The van der Waals surface area contributed by atoms with Gasteiger partial charge in [-0.15, -0.1) is 0 Å². The first-order valence-corrected chi connectivity index (χ1v) is 6.37. The topological polar surface area (TPSA) is 55.1 Å². The Bertz CT molecular complexity index is 439. The summed E-state index contributed by atoms with van der Waals surface area (Å²) in [6.07, 6.45) is 2.39. The van der Waals surface area contributed by atoms with Gasteiger partial charge in [0.2, 0.25) is 5.91 Å². The minimum absolute atomic E-state index is 0.0554. The van der Waals surface area contributed by atoms with Crippen molar-refractivity contribution in [3.05, 3.63) is 28.5 Å². The first-order valence-electron chi connectivity index (χ1n) is 5.58. The number of rotatable bonds is 2. The number of carbonyl (C=O) groups is 1. The zero-order valence-electron chi connectivity index (χ0n) is 9.25. The number of carbonyl (C=O) groups excluding carboxylic acids is 1. The number of benzene rings is 1. The maximum atomic E-state index is 13.0. The predicted octanol–water partition coefficient (Wildman–Crippen LogP) is 2.65. The number of nitrogens with two attached hydrogens (primary N) is 1. The van der Waals surface area contributed by atoms with Gasteiger partial charge in [-0.25, -0.2) is 4.39 Å². The van der Waals surface area contributed by atoms with Gasteiger partial charge in [-0.3, -0.25) is 4.79 Å². The van der Waals surface area contributed by atoms with Gasteiger partial charge in [0.05, 0.1) is 5.69 Å². The van der Waals surface area contributed by atoms with Crippen molar-refractivity contribution < 1.29 is 9.18 Å². The van der Waals surface area contributed by atoms with Crippen molar-refractivity contribution in [3.8, 4) is 0 Å². The van der Waals surface area contributed by atoms with Crippen molar-refractivity contribution in [1.82, 2.24) is 0 Å². The summed E-state index contributed by atoms with van der Waals surface area (Å²) in [6, 6.07) is 4.33. The molecule has 0 aromatic heterocycles. The highest BCUT2D eigenvalue weighted by Crippen LogP contribution is 2.28. The van der Waals surface area contributed by atoms with Crippen molar-refractivity contribution in [2.24, 2.45) is 11.7 Å². The molecule has 2 atom stereocenters. The summed E-state index contributed by atoms with van der Waals surface area (Å²) in [6.45, 7) is 0. The van der Waals surface area contributed by atoms with Gasteiger partial charge in [0.25, 0.3) is 0 Å². The summed E-state index contributed by atoms with van der Waals surface area (Å²) in [4.78, 5) is 11.9. The molecule has 1 fully saturated rings. The fourth-order valence-corrected chi connectivity index (χ4v) is 2.43. The quantitative estimate of drug-likeness (QED) is 0.882. The van der Waals surface area contributed by atoms with Gasteiger partial charge in [-0.2, -0.15) is 0 Å². The lowest BCUT2D eigenvalue weighted by Crippen LogP contribution is -2.23. The Hall–Kier alpha value is -0.940.